The van der Waals surface area contributed by atoms with Crippen LogP contribution < -0.4 is 10.6 Å². The lowest BCUT2D eigenvalue weighted by Gasteiger charge is -2.13. The van der Waals surface area contributed by atoms with Crippen molar-refractivity contribution in [3.8, 4) is 0 Å². The first-order chi connectivity index (χ1) is 10.1. The number of nitrogens with zero attached hydrogens (tertiary/aromatic N) is 3. The molecule has 0 radical (unpaired) electrons. The summed E-state index contributed by atoms with van der Waals surface area (Å²) in [6.07, 6.45) is 1.77. The topological polar surface area (TPSA) is 54.2 Å². The van der Waals surface area contributed by atoms with Gasteiger partial charge in [0, 0.05) is 36.3 Å². The number of rotatable bonds is 4. The second-order valence-electron chi connectivity index (χ2n) is 4.46. The number of aryl methyl sites for hydroxylation is 1. The number of nitrogens with one attached hydrogen (secondary N) is 2. The maximum atomic E-state index is 6.19. The summed E-state index contributed by atoms with van der Waals surface area (Å²) < 4.78 is 2.79. The summed E-state index contributed by atoms with van der Waals surface area (Å²) >= 11 is 9.59. The summed E-state index contributed by atoms with van der Waals surface area (Å²) in [4.78, 5) is 4.19. The lowest BCUT2D eigenvalue weighted by Crippen LogP contribution is -2.36. The summed E-state index contributed by atoms with van der Waals surface area (Å²) in [5.41, 5.74) is 2.10. The van der Waals surface area contributed by atoms with Gasteiger partial charge in [-0.2, -0.15) is 5.10 Å². The van der Waals surface area contributed by atoms with Gasteiger partial charge < -0.3 is 10.6 Å². The van der Waals surface area contributed by atoms with Gasteiger partial charge in [0.1, 0.15) is 0 Å². The van der Waals surface area contributed by atoms with Crippen LogP contribution in [0.15, 0.2) is 39.9 Å². The molecule has 2 rings (SSSR count). The molecule has 0 aliphatic heterocycles. The van der Waals surface area contributed by atoms with Gasteiger partial charge in [0.25, 0.3) is 0 Å². The molecule has 8 heteroatoms. The summed E-state index contributed by atoms with van der Waals surface area (Å²) in [6.45, 7) is 1.27. The highest BCUT2D eigenvalue weighted by Crippen LogP contribution is 2.21. The van der Waals surface area contributed by atoms with Crippen molar-refractivity contribution >= 4 is 57.5 Å². The summed E-state index contributed by atoms with van der Waals surface area (Å²) in [6, 6.07) is 7.79. The van der Waals surface area contributed by atoms with Crippen molar-refractivity contribution in [1.82, 2.24) is 20.4 Å². The molecule has 0 saturated heterocycles. The molecule has 1 aromatic carbocycles. The van der Waals surface area contributed by atoms with Gasteiger partial charge in [-0.1, -0.05) is 33.6 Å². The molecule has 0 saturated carbocycles. The zero-order valence-corrected chi connectivity index (χ0v) is 17.0. The minimum absolute atomic E-state index is 0. The van der Waals surface area contributed by atoms with Crippen LogP contribution >= 0.6 is 51.5 Å². The Morgan fingerprint density at radius 2 is 2.05 bits per heavy atom. The molecule has 0 unspecified atom stereocenters. The molecule has 0 amide bonds. The number of aromatic nitrogens is 2. The molecule has 0 fully saturated rings. The van der Waals surface area contributed by atoms with Crippen molar-refractivity contribution in [2.24, 2.45) is 12.0 Å². The second kappa shape index (κ2) is 9.36. The van der Waals surface area contributed by atoms with E-state index in [1.54, 1.807) is 13.2 Å². The van der Waals surface area contributed by atoms with E-state index in [1.807, 2.05) is 36.0 Å². The minimum Gasteiger partial charge on any atom is -0.352 e. The highest BCUT2D eigenvalue weighted by Gasteiger charge is 2.04. The standard InChI is InChI=1S/C14H17BrClN5.HI/c1-17-14(19-9-12-5-6-20-21(12)2)18-8-10-3-4-11(15)7-13(10)16;/h3-7H,8-9H2,1-2H3,(H2,17,18,19);1H. The molecule has 0 aliphatic carbocycles. The number of aliphatic imine (C=N–C) groups is 1. The molecule has 0 bridgehead atoms. The van der Waals surface area contributed by atoms with Crippen LogP contribution in [0.4, 0.5) is 0 Å². The molecule has 0 spiro atoms. The third-order valence-electron chi connectivity index (χ3n) is 3.04. The first-order valence-electron chi connectivity index (χ1n) is 6.45. The molecule has 2 aromatic rings. The molecule has 120 valence electrons. The third-order valence-corrected chi connectivity index (χ3v) is 3.89. The lowest BCUT2D eigenvalue weighted by molar-refractivity contribution is 0.684. The Bertz CT molecular complexity index is 644. The van der Waals surface area contributed by atoms with Crippen molar-refractivity contribution in [3.63, 3.8) is 0 Å². The Labute approximate surface area is 160 Å². The van der Waals surface area contributed by atoms with Gasteiger partial charge >= 0.3 is 0 Å². The average Bonchev–Trinajstić information content (AvgIpc) is 2.86. The van der Waals surface area contributed by atoms with Crippen LogP contribution in [0.2, 0.25) is 5.02 Å². The Hall–Kier alpha value is -0.800. The van der Waals surface area contributed by atoms with Crippen LogP contribution in [-0.2, 0) is 20.1 Å². The number of hydrogen-bond donors (Lipinski definition) is 2. The van der Waals surface area contributed by atoms with Crippen LogP contribution in [0.3, 0.4) is 0 Å². The van der Waals surface area contributed by atoms with Gasteiger partial charge in [0.05, 0.1) is 12.2 Å². The van der Waals surface area contributed by atoms with Crippen molar-refractivity contribution in [2.75, 3.05) is 7.05 Å². The third kappa shape index (κ3) is 5.44. The molecule has 1 aromatic heterocycles. The van der Waals surface area contributed by atoms with Crippen LogP contribution in [-0.4, -0.2) is 22.8 Å². The summed E-state index contributed by atoms with van der Waals surface area (Å²) in [7, 11) is 3.65. The van der Waals surface area contributed by atoms with E-state index < -0.39 is 0 Å². The maximum absolute atomic E-state index is 6.19. The smallest absolute Gasteiger partial charge is 0.191 e. The van der Waals surface area contributed by atoms with Crippen molar-refractivity contribution < 1.29 is 0 Å². The van der Waals surface area contributed by atoms with E-state index in [2.05, 4.69) is 36.7 Å². The Morgan fingerprint density at radius 3 is 2.64 bits per heavy atom. The van der Waals surface area contributed by atoms with Crippen molar-refractivity contribution in [1.29, 1.82) is 0 Å². The number of hydrogen-bond acceptors (Lipinski definition) is 2. The van der Waals surface area contributed by atoms with Gasteiger partial charge in [-0.3, -0.25) is 9.67 Å². The lowest BCUT2D eigenvalue weighted by atomic mass is 10.2. The largest absolute Gasteiger partial charge is 0.352 e. The fraction of sp³-hybridized carbons (Fsp3) is 0.286. The zero-order valence-electron chi connectivity index (χ0n) is 12.3. The fourth-order valence-corrected chi connectivity index (χ4v) is 2.55. The highest BCUT2D eigenvalue weighted by atomic mass is 127. The van der Waals surface area contributed by atoms with Crippen LogP contribution in [0.5, 0.6) is 0 Å². The van der Waals surface area contributed by atoms with Gasteiger partial charge in [0.15, 0.2) is 5.96 Å². The molecular weight excluding hydrogens is 480 g/mol. The normalized spacial score (nSPS) is 11.0. The van der Waals surface area contributed by atoms with E-state index in [0.717, 1.165) is 26.7 Å². The molecule has 1 heterocycles. The van der Waals surface area contributed by atoms with E-state index >= 15 is 0 Å². The van der Waals surface area contributed by atoms with Crippen LogP contribution in [0.25, 0.3) is 0 Å². The van der Waals surface area contributed by atoms with Gasteiger partial charge in [-0.05, 0) is 23.8 Å². The van der Waals surface area contributed by atoms with E-state index in [-0.39, 0.29) is 24.0 Å². The molecule has 0 aliphatic rings. The monoisotopic (exact) mass is 497 g/mol. The Balaban J connectivity index is 0.00000242. The number of guanidine groups is 1. The van der Waals surface area contributed by atoms with Gasteiger partial charge in [0.2, 0.25) is 0 Å². The second-order valence-corrected chi connectivity index (χ2v) is 5.78. The van der Waals surface area contributed by atoms with Gasteiger partial charge in [-0.15, -0.1) is 24.0 Å². The first kappa shape index (κ1) is 19.2. The quantitative estimate of drug-likeness (QED) is 0.386. The van der Waals surface area contributed by atoms with E-state index in [0.29, 0.717) is 13.1 Å². The molecule has 22 heavy (non-hydrogen) atoms. The first-order valence-corrected chi connectivity index (χ1v) is 7.62. The van der Waals surface area contributed by atoms with Crippen molar-refractivity contribution in [3.05, 3.63) is 51.2 Å². The summed E-state index contributed by atoms with van der Waals surface area (Å²) in [5.74, 6) is 0.718. The predicted octanol–water partition coefficient (Wildman–Crippen LogP) is 3.32. The van der Waals surface area contributed by atoms with E-state index in [4.69, 9.17) is 11.6 Å². The Kier molecular flexibility index (Phi) is 8.19. The maximum Gasteiger partial charge on any atom is 0.191 e. The van der Waals surface area contributed by atoms with Crippen LogP contribution in [0, 0.1) is 0 Å². The molecule has 2 N–H and O–H groups in total. The number of benzene rings is 1. The average molecular weight is 499 g/mol. The highest BCUT2D eigenvalue weighted by molar-refractivity contribution is 14.0. The van der Waals surface area contributed by atoms with E-state index in [9.17, 15) is 0 Å². The predicted molar refractivity (Wildman–Crippen MR) is 105 cm³/mol. The molecule has 0 atom stereocenters. The minimum atomic E-state index is 0. The van der Waals surface area contributed by atoms with Crippen molar-refractivity contribution in [2.45, 2.75) is 13.1 Å². The fourth-order valence-electron chi connectivity index (χ4n) is 1.81. The Morgan fingerprint density at radius 1 is 1.32 bits per heavy atom. The molecule has 5 nitrogen and oxygen atoms in total. The zero-order chi connectivity index (χ0) is 15.2. The van der Waals surface area contributed by atoms with Gasteiger partial charge in [-0.25, -0.2) is 0 Å². The summed E-state index contributed by atoms with van der Waals surface area (Å²) in [5, 5.41) is 11.3. The molecular formula is C14H18BrClIN5. The van der Waals surface area contributed by atoms with E-state index in [1.165, 1.54) is 0 Å². The van der Waals surface area contributed by atoms with Crippen LogP contribution in [0.1, 0.15) is 11.3 Å². The number of halogens is 3. The SMILES string of the molecule is CN=C(NCc1ccc(Br)cc1Cl)NCc1ccnn1C.I.